The highest BCUT2D eigenvalue weighted by Crippen LogP contribution is 2.26. The monoisotopic (exact) mass is 461 g/mol. The first-order valence-corrected chi connectivity index (χ1v) is 11.5. The van der Waals surface area contributed by atoms with Gasteiger partial charge in [-0.15, -0.1) is 0 Å². The zero-order valence-corrected chi connectivity index (χ0v) is 21.1. The Hall–Kier alpha value is -2.70. The standard InChI is InChI=1S/C26H39NO6/c1-18(28)12-10-8-9-11-13-21(29)27-20-16-14-19(15-17-20)22(23(30)32-25(2,3)4)24(31)33-26(5,6)7/h14-17,22H,8-13H2,1-7H3,(H,27,29). The third-order valence-corrected chi connectivity index (χ3v) is 4.50. The number of ether oxygens (including phenoxy) is 2. The van der Waals surface area contributed by atoms with Gasteiger partial charge in [0.15, 0.2) is 5.92 Å². The predicted octanol–water partition coefficient (Wildman–Crippen LogP) is 5.32. The molecule has 33 heavy (non-hydrogen) atoms. The van der Waals surface area contributed by atoms with Crippen LogP contribution >= 0.6 is 0 Å². The van der Waals surface area contributed by atoms with Gasteiger partial charge in [-0.05, 0) is 79.0 Å². The maximum atomic E-state index is 12.8. The Morgan fingerprint density at radius 2 is 1.21 bits per heavy atom. The number of amides is 1. The number of esters is 2. The van der Waals surface area contributed by atoms with Gasteiger partial charge in [0.05, 0.1) is 0 Å². The molecule has 7 nitrogen and oxygen atoms in total. The fourth-order valence-electron chi connectivity index (χ4n) is 3.09. The third-order valence-electron chi connectivity index (χ3n) is 4.50. The fourth-order valence-corrected chi connectivity index (χ4v) is 3.09. The van der Waals surface area contributed by atoms with E-state index in [-0.39, 0.29) is 11.7 Å². The SMILES string of the molecule is CC(=O)CCCCCCC(=O)Nc1ccc(C(C(=O)OC(C)(C)C)C(=O)OC(C)(C)C)cc1. The van der Waals surface area contributed by atoms with Crippen molar-refractivity contribution in [1.82, 2.24) is 0 Å². The minimum absolute atomic E-state index is 0.106. The smallest absolute Gasteiger partial charge is 0.325 e. The van der Waals surface area contributed by atoms with Gasteiger partial charge in [-0.3, -0.25) is 14.4 Å². The summed E-state index contributed by atoms with van der Waals surface area (Å²) >= 11 is 0. The Labute approximate surface area is 197 Å². The summed E-state index contributed by atoms with van der Waals surface area (Å²) in [4.78, 5) is 48.7. The fraction of sp³-hybridized carbons (Fsp3) is 0.615. The van der Waals surface area contributed by atoms with Gasteiger partial charge >= 0.3 is 11.9 Å². The van der Waals surface area contributed by atoms with Crippen molar-refractivity contribution in [2.75, 3.05) is 5.32 Å². The Kier molecular flexibility index (Phi) is 10.7. The lowest BCUT2D eigenvalue weighted by atomic mass is 9.98. The van der Waals surface area contributed by atoms with Gasteiger partial charge in [0.25, 0.3) is 0 Å². The van der Waals surface area contributed by atoms with Crippen molar-refractivity contribution < 1.29 is 28.7 Å². The van der Waals surface area contributed by atoms with Crippen LogP contribution in [-0.4, -0.2) is 34.8 Å². The molecule has 0 atom stereocenters. The van der Waals surface area contributed by atoms with Crippen molar-refractivity contribution in [2.24, 2.45) is 0 Å². The van der Waals surface area contributed by atoms with Crippen molar-refractivity contribution in [3.63, 3.8) is 0 Å². The molecule has 0 aromatic heterocycles. The van der Waals surface area contributed by atoms with Crippen molar-refractivity contribution in [2.45, 2.75) is 104 Å². The second kappa shape index (κ2) is 12.5. The van der Waals surface area contributed by atoms with Crippen LogP contribution in [0.3, 0.4) is 0 Å². The van der Waals surface area contributed by atoms with E-state index < -0.39 is 29.1 Å². The second-order valence-corrected chi connectivity index (χ2v) is 10.3. The van der Waals surface area contributed by atoms with Gasteiger partial charge in [-0.2, -0.15) is 0 Å². The molecule has 1 rings (SSSR count). The average Bonchev–Trinajstić information content (AvgIpc) is 2.63. The highest BCUT2D eigenvalue weighted by Gasteiger charge is 2.36. The minimum atomic E-state index is -1.22. The molecule has 0 bridgehead atoms. The lowest BCUT2D eigenvalue weighted by Crippen LogP contribution is -2.35. The Balaban J connectivity index is 2.77. The molecule has 1 N–H and O–H groups in total. The number of carbonyl (C=O) groups excluding carboxylic acids is 4. The normalized spacial score (nSPS) is 11.8. The molecule has 1 aromatic carbocycles. The first-order chi connectivity index (χ1) is 15.2. The topological polar surface area (TPSA) is 98.8 Å². The highest BCUT2D eigenvalue weighted by molar-refractivity contribution is 6.01. The number of ketones is 1. The molecule has 0 saturated heterocycles. The van der Waals surface area contributed by atoms with E-state index in [9.17, 15) is 19.2 Å². The van der Waals surface area contributed by atoms with Gasteiger partial charge in [0.2, 0.25) is 5.91 Å². The number of carbonyl (C=O) groups is 4. The molecule has 0 heterocycles. The number of nitrogens with one attached hydrogen (secondary N) is 1. The number of anilines is 1. The number of hydrogen-bond donors (Lipinski definition) is 1. The molecule has 0 radical (unpaired) electrons. The van der Waals surface area contributed by atoms with Gasteiger partial charge in [0.1, 0.15) is 17.0 Å². The minimum Gasteiger partial charge on any atom is -0.459 e. The molecule has 0 saturated carbocycles. The summed E-state index contributed by atoms with van der Waals surface area (Å²) in [5.74, 6) is -2.50. The first-order valence-electron chi connectivity index (χ1n) is 11.5. The van der Waals surface area contributed by atoms with Gasteiger partial charge in [-0.1, -0.05) is 25.0 Å². The molecule has 7 heteroatoms. The average molecular weight is 462 g/mol. The predicted molar refractivity (Wildman–Crippen MR) is 128 cm³/mol. The van der Waals surface area contributed by atoms with Crippen LogP contribution in [0.5, 0.6) is 0 Å². The summed E-state index contributed by atoms with van der Waals surface area (Å²) in [6.45, 7) is 12.0. The molecule has 1 amide bonds. The van der Waals surface area contributed by atoms with Crippen LogP contribution in [0.15, 0.2) is 24.3 Å². The van der Waals surface area contributed by atoms with E-state index in [1.54, 1.807) is 72.7 Å². The Morgan fingerprint density at radius 3 is 1.64 bits per heavy atom. The lowest BCUT2D eigenvalue weighted by Gasteiger charge is -2.26. The van der Waals surface area contributed by atoms with E-state index >= 15 is 0 Å². The number of rotatable bonds is 11. The summed E-state index contributed by atoms with van der Waals surface area (Å²) in [7, 11) is 0. The van der Waals surface area contributed by atoms with Crippen LogP contribution < -0.4 is 5.32 Å². The molecule has 0 spiro atoms. The zero-order valence-electron chi connectivity index (χ0n) is 21.1. The third kappa shape index (κ3) is 12.2. The van der Waals surface area contributed by atoms with Crippen LogP contribution in [0, 0.1) is 0 Å². The maximum Gasteiger partial charge on any atom is 0.325 e. The van der Waals surface area contributed by atoms with Crippen LogP contribution in [-0.2, 0) is 28.7 Å². The van der Waals surface area contributed by atoms with Crippen molar-refractivity contribution >= 4 is 29.3 Å². The molecule has 0 aliphatic carbocycles. The summed E-state index contributed by atoms with van der Waals surface area (Å²) in [5.41, 5.74) is -0.497. The largest absolute Gasteiger partial charge is 0.459 e. The molecular formula is C26H39NO6. The van der Waals surface area contributed by atoms with E-state index in [4.69, 9.17) is 9.47 Å². The van der Waals surface area contributed by atoms with Crippen molar-refractivity contribution in [3.05, 3.63) is 29.8 Å². The first kappa shape index (κ1) is 28.3. The second-order valence-electron chi connectivity index (χ2n) is 10.3. The van der Waals surface area contributed by atoms with E-state index in [1.807, 2.05) is 0 Å². The lowest BCUT2D eigenvalue weighted by molar-refractivity contribution is -0.169. The Bertz CT molecular complexity index is 787. The highest BCUT2D eigenvalue weighted by atomic mass is 16.6. The summed E-state index contributed by atoms with van der Waals surface area (Å²) in [5, 5.41) is 2.83. The van der Waals surface area contributed by atoms with Gasteiger partial charge in [0, 0.05) is 18.5 Å². The summed E-state index contributed by atoms with van der Waals surface area (Å²) < 4.78 is 10.9. The van der Waals surface area contributed by atoms with E-state index in [1.165, 1.54) is 0 Å². The number of Topliss-reactive ketones (excluding diaryl/α,β-unsaturated/α-hetero) is 1. The molecule has 0 fully saturated rings. The van der Waals surface area contributed by atoms with Crippen LogP contribution in [0.4, 0.5) is 5.69 Å². The van der Waals surface area contributed by atoms with E-state index in [2.05, 4.69) is 5.32 Å². The van der Waals surface area contributed by atoms with E-state index in [0.29, 0.717) is 24.1 Å². The van der Waals surface area contributed by atoms with Crippen LogP contribution in [0.2, 0.25) is 0 Å². The summed E-state index contributed by atoms with van der Waals surface area (Å²) in [6, 6.07) is 6.55. The maximum absolute atomic E-state index is 12.8. The zero-order chi connectivity index (χ0) is 25.2. The van der Waals surface area contributed by atoms with Gasteiger partial charge < -0.3 is 19.6 Å². The number of unbranched alkanes of at least 4 members (excludes halogenated alkanes) is 3. The summed E-state index contributed by atoms with van der Waals surface area (Å²) in [6.07, 6.45) is 4.41. The van der Waals surface area contributed by atoms with Crippen LogP contribution in [0.1, 0.15) is 98.5 Å². The van der Waals surface area contributed by atoms with Crippen LogP contribution in [0.25, 0.3) is 0 Å². The molecule has 184 valence electrons. The molecular weight excluding hydrogens is 422 g/mol. The molecule has 0 aliphatic heterocycles. The van der Waals surface area contributed by atoms with Gasteiger partial charge in [-0.25, -0.2) is 0 Å². The molecule has 0 aliphatic rings. The van der Waals surface area contributed by atoms with E-state index in [0.717, 1.165) is 25.7 Å². The quantitative estimate of drug-likeness (QED) is 0.272. The number of benzene rings is 1. The molecule has 1 aromatic rings. The number of hydrogen-bond acceptors (Lipinski definition) is 6. The Morgan fingerprint density at radius 1 is 0.758 bits per heavy atom. The van der Waals surface area contributed by atoms with Crippen molar-refractivity contribution in [1.29, 1.82) is 0 Å². The molecule has 0 unspecified atom stereocenters. The van der Waals surface area contributed by atoms with Crippen molar-refractivity contribution in [3.8, 4) is 0 Å².